The molecule has 0 spiro atoms. The predicted molar refractivity (Wildman–Crippen MR) is 50.9 cm³/mol. The van der Waals surface area contributed by atoms with Crippen molar-refractivity contribution in [3.63, 3.8) is 0 Å². The second-order valence-electron chi connectivity index (χ2n) is 2.09. The van der Waals surface area contributed by atoms with Gasteiger partial charge in [0.25, 0.3) is 5.91 Å². The molecule has 0 heterocycles. The average Bonchev–Trinajstić information content (AvgIpc) is 2.10. The van der Waals surface area contributed by atoms with Crippen LogP contribution in [0.2, 0.25) is 0 Å². The highest BCUT2D eigenvalue weighted by molar-refractivity contribution is 7.99. The van der Waals surface area contributed by atoms with Crippen LogP contribution in [0.15, 0.2) is 0 Å². The molecule has 0 aromatic heterocycles. The summed E-state index contributed by atoms with van der Waals surface area (Å²) in [5.74, 6) is 3.36. The van der Waals surface area contributed by atoms with E-state index >= 15 is 0 Å². The molecular formula is C8H13NO2S. The lowest BCUT2D eigenvalue weighted by atomic mass is 10.5. The minimum Gasteiger partial charge on any atom is -0.396 e. The quantitative estimate of drug-likeness (QED) is 0.449. The summed E-state index contributed by atoms with van der Waals surface area (Å²) in [5, 5.41) is 11.0. The largest absolute Gasteiger partial charge is 0.396 e. The Morgan fingerprint density at radius 2 is 2.33 bits per heavy atom. The predicted octanol–water partition coefficient (Wildman–Crippen LogP) is -0.149. The van der Waals surface area contributed by atoms with Gasteiger partial charge in [0.2, 0.25) is 0 Å². The van der Waals surface area contributed by atoms with Crippen LogP contribution in [0.5, 0.6) is 0 Å². The molecule has 12 heavy (non-hydrogen) atoms. The first-order valence-electron chi connectivity index (χ1n) is 3.74. The van der Waals surface area contributed by atoms with Gasteiger partial charge >= 0.3 is 0 Å². The standard InChI is InChI=1S/C8H13NO2S/c1-2-8(11)9-4-7-12-6-3-5-10/h1,10H,3-7H2,(H,9,11). The molecule has 0 aromatic carbocycles. The number of hydrogen-bond donors (Lipinski definition) is 2. The summed E-state index contributed by atoms with van der Waals surface area (Å²) < 4.78 is 0. The highest BCUT2D eigenvalue weighted by Crippen LogP contribution is 1.99. The third kappa shape index (κ3) is 7.45. The molecule has 2 N–H and O–H groups in total. The van der Waals surface area contributed by atoms with Gasteiger partial charge in [-0.25, -0.2) is 0 Å². The van der Waals surface area contributed by atoms with E-state index < -0.39 is 0 Å². The molecule has 0 atom stereocenters. The number of nitrogens with one attached hydrogen (secondary N) is 1. The van der Waals surface area contributed by atoms with Crippen LogP contribution in [0.25, 0.3) is 0 Å². The number of aliphatic hydroxyl groups is 1. The maximum Gasteiger partial charge on any atom is 0.295 e. The third-order valence-corrected chi connectivity index (χ3v) is 2.18. The van der Waals surface area contributed by atoms with Crippen molar-refractivity contribution in [1.29, 1.82) is 0 Å². The van der Waals surface area contributed by atoms with Gasteiger partial charge in [-0.15, -0.1) is 6.42 Å². The van der Waals surface area contributed by atoms with Crippen LogP contribution in [-0.4, -0.2) is 35.7 Å². The number of hydrogen-bond acceptors (Lipinski definition) is 3. The molecule has 0 fully saturated rings. The Balaban J connectivity index is 3.02. The number of carbonyl (C=O) groups is 1. The zero-order chi connectivity index (χ0) is 9.23. The molecule has 0 unspecified atom stereocenters. The van der Waals surface area contributed by atoms with E-state index in [2.05, 4.69) is 5.32 Å². The van der Waals surface area contributed by atoms with Gasteiger partial charge < -0.3 is 10.4 Å². The maximum absolute atomic E-state index is 10.5. The minimum atomic E-state index is -0.363. The van der Waals surface area contributed by atoms with Gasteiger partial charge in [-0.05, 0) is 18.1 Å². The summed E-state index contributed by atoms with van der Waals surface area (Å²) in [5.41, 5.74) is 0. The van der Waals surface area contributed by atoms with Crippen LogP contribution in [-0.2, 0) is 4.79 Å². The van der Waals surface area contributed by atoms with E-state index in [1.165, 1.54) is 0 Å². The molecule has 0 aliphatic heterocycles. The molecule has 68 valence electrons. The van der Waals surface area contributed by atoms with E-state index in [0.29, 0.717) is 6.54 Å². The monoisotopic (exact) mass is 187 g/mol. The van der Waals surface area contributed by atoms with E-state index in [-0.39, 0.29) is 12.5 Å². The topological polar surface area (TPSA) is 49.3 Å². The van der Waals surface area contributed by atoms with Crippen molar-refractivity contribution in [2.75, 3.05) is 24.7 Å². The molecule has 0 aliphatic rings. The fourth-order valence-corrected chi connectivity index (χ4v) is 1.34. The number of aliphatic hydroxyl groups excluding tert-OH is 1. The van der Waals surface area contributed by atoms with Gasteiger partial charge in [-0.1, -0.05) is 0 Å². The number of thioether (sulfide) groups is 1. The SMILES string of the molecule is C#CC(=O)NCCSCCCO. The zero-order valence-electron chi connectivity index (χ0n) is 6.88. The zero-order valence-corrected chi connectivity index (χ0v) is 7.69. The van der Waals surface area contributed by atoms with Crippen LogP contribution in [0, 0.1) is 12.3 Å². The molecule has 0 saturated carbocycles. The highest BCUT2D eigenvalue weighted by atomic mass is 32.2. The summed E-state index contributed by atoms with van der Waals surface area (Å²) in [6.45, 7) is 0.822. The van der Waals surface area contributed by atoms with Gasteiger partial charge in [0.05, 0.1) is 0 Å². The first-order valence-corrected chi connectivity index (χ1v) is 4.89. The van der Waals surface area contributed by atoms with Crippen molar-refractivity contribution in [3.05, 3.63) is 0 Å². The lowest BCUT2D eigenvalue weighted by Gasteiger charge is -2.00. The molecule has 0 rings (SSSR count). The Bertz CT molecular complexity index is 165. The van der Waals surface area contributed by atoms with Gasteiger partial charge in [0.1, 0.15) is 0 Å². The van der Waals surface area contributed by atoms with Crippen molar-refractivity contribution < 1.29 is 9.90 Å². The van der Waals surface area contributed by atoms with Crippen LogP contribution in [0.1, 0.15) is 6.42 Å². The molecular weight excluding hydrogens is 174 g/mol. The number of amides is 1. The van der Waals surface area contributed by atoms with Crippen LogP contribution in [0.4, 0.5) is 0 Å². The second-order valence-corrected chi connectivity index (χ2v) is 3.31. The van der Waals surface area contributed by atoms with Crippen molar-refractivity contribution >= 4 is 17.7 Å². The summed E-state index contributed by atoms with van der Waals surface area (Å²) in [7, 11) is 0. The highest BCUT2D eigenvalue weighted by Gasteiger charge is 1.93. The average molecular weight is 187 g/mol. The summed E-state index contributed by atoms with van der Waals surface area (Å²) in [6.07, 6.45) is 5.63. The maximum atomic E-state index is 10.5. The first-order chi connectivity index (χ1) is 5.81. The Morgan fingerprint density at radius 3 is 2.92 bits per heavy atom. The minimum absolute atomic E-state index is 0.226. The normalized spacial score (nSPS) is 9.00. The van der Waals surface area contributed by atoms with E-state index in [4.69, 9.17) is 11.5 Å². The molecule has 0 bridgehead atoms. The van der Waals surface area contributed by atoms with Gasteiger partial charge in [0.15, 0.2) is 0 Å². The van der Waals surface area contributed by atoms with Gasteiger partial charge in [0, 0.05) is 18.9 Å². The first kappa shape index (κ1) is 11.3. The lowest BCUT2D eigenvalue weighted by Crippen LogP contribution is -2.23. The number of rotatable bonds is 6. The van der Waals surface area contributed by atoms with Gasteiger partial charge in [-0.3, -0.25) is 4.79 Å². The molecule has 0 saturated heterocycles. The van der Waals surface area contributed by atoms with E-state index in [9.17, 15) is 4.79 Å². The van der Waals surface area contributed by atoms with Gasteiger partial charge in [-0.2, -0.15) is 11.8 Å². The fourth-order valence-electron chi connectivity index (χ4n) is 0.556. The molecule has 0 aromatic rings. The fraction of sp³-hybridized carbons (Fsp3) is 0.625. The van der Waals surface area contributed by atoms with Crippen LogP contribution in [0.3, 0.4) is 0 Å². The van der Waals surface area contributed by atoms with Crippen molar-refractivity contribution in [1.82, 2.24) is 5.32 Å². The Morgan fingerprint density at radius 1 is 1.58 bits per heavy atom. The van der Waals surface area contributed by atoms with E-state index in [0.717, 1.165) is 17.9 Å². The second kappa shape index (κ2) is 8.44. The van der Waals surface area contributed by atoms with Crippen molar-refractivity contribution in [2.45, 2.75) is 6.42 Å². The third-order valence-electron chi connectivity index (χ3n) is 1.11. The summed E-state index contributed by atoms with van der Waals surface area (Å²) in [4.78, 5) is 10.5. The summed E-state index contributed by atoms with van der Waals surface area (Å²) >= 11 is 1.69. The Hall–Kier alpha value is -0.660. The molecule has 0 radical (unpaired) electrons. The molecule has 4 heteroatoms. The van der Waals surface area contributed by atoms with Crippen LogP contribution < -0.4 is 5.32 Å². The molecule has 0 aliphatic carbocycles. The lowest BCUT2D eigenvalue weighted by molar-refractivity contribution is -0.115. The molecule has 3 nitrogen and oxygen atoms in total. The Labute approximate surface area is 76.9 Å². The van der Waals surface area contributed by atoms with Crippen molar-refractivity contribution in [2.24, 2.45) is 0 Å². The smallest absolute Gasteiger partial charge is 0.295 e. The Kier molecular flexibility index (Phi) is 7.97. The summed E-state index contributed by atoms with van der Waals surface area (Å²) in [6, 6.07) is 0. The van der Waals surface area contributed by atoms with E-state index in [1.54, 1.807) is 11.8 Å². The van der Waals surface area contributed by atoms with Crippen LogP contribution >= 0.6 is 11.8 Å². The number of carbonyl (C=O) groups excluding carboxylic acids is 1. The molecule has 1 amide bonds. The number of terminal acetylenes is 1. The van der Waals surface area contributed by atoms with Crippen molar-refractivity contribution in [3.8, 4) is 12.3 Å². The van der Waals surface area contributed by atoms with E-state index in [1.807, 2.05) is 5.92 Å².